The molecule has 1 fully saturated rings. The number of benzene rings is 1. The summed E-state index contributed by atoms with van der Waals surface area (Å²) in [6.07, 6.45) is 4.02. The van der Waals surface area contributed by atoms with Crippen LogP contribution in [0.25, 0.3) is 0 Å². The van der Waals surface area contributed by atoms with E-state index in [2.05, 4.69) is 5.10 Å². The molecule has 1 aliphatic rings. The number of rotatable bonds is 4. The zero-order chi connectivity index (χ0) is 15.0. The van der Waals surface area contributed by atoms with Crippen LogP contribution in [-0.4, -0.2) is 28.0 Å². The van der Waals surface area contributed by atoms with E-state index in [1.165, 1.54) is 10.9 Å². The molecule has 0 bridgehead atoms. The molecule has 3 rings (SSSR count). The predicted molar refractivity (Wildman–Crippen MR) is 77.8 cm³/mol. The van der Waals surface area contributed by atoms with Crippen molar-refractivity contribution in [1.29, 1.82) is 0 Å². The first-order valence-corrected chi connectivity index (χ1v) is 7.01. The minimum Gasteiger partial charge on any atom is -0.497 e. The third kappa shape index (κ3) is 2.27. The maximum Gasteiger partial charge on any atom is 0.331 e. The van der Waals surface area contributed by atoms with Crippen molar-refractivity contribution in [1.82, 2.24) is 9.78 Å². The lowest BCUT2D eigenvalue weighted by Crippen LogP contribution is -2.51. The SMILES string of the molecule is COc1cccc(C2CC(C(=O)O)(n3cc(Cl)cn3)C2)c1. The van der Waals surface area contributed by atoms with Crippen molar-refractivity contribution in [2.45, 2.75) is 24.3 Å². The van der Waals surface area contributed by atoms with Crippen LogP contribution in [0.4, 0.5) is 0 Å². The maximum absolute atomic E-state index is 11.7. The van der Waals surface area contributed by atoms with E-state index in [9.17, 15) is 9.90 Å². The second-order valence-electron chi connectivity index (χ2n) is 5.32. The molecule has 1 aliphatic carbocycles. The fraction of sp³-hybridized carbons (Fsp3) is 0.333. The highest BCUT2D eigenvalue weighted by molar-refractivity contribution is 6.30. The average molecular weight is 307 g/mol. The van der Waals surface area contributed by atoms with Crippen molar-refractivity contribution in [3.8, 4) is 5.75 Å². The molecule has 0 saturated heterocycles. The fourth-order valence-electron chi connectivity index (χ4n) is 2.88. The molecule has 1 aromatic heterocycles. The molecular weight excluding hydrogens is 292 g/mol. The van der Waals surface area contributed by atoms with Crippen molar-refractivity contribution in [2.75, 3.05) is 7.11 Å². The number of halogens is 1. The summed E-state index contributed by atoms with van der Waals surface area (Å²) >= 11 is 5.85. The molecule has 21 heavy (non-hydrogen) atoms. The summed E-state index contributed by atoms with van der Waals surface area (Å²) in [5.74, 6) is 0.0862. The highest BCUT2D eigenvalue weighted by Gasteiger charge is 2.53. The van der Waals surface area contributed by atoms with E-state index < -0.39 is 11.5 Å². The summed E-state index contributed by atoms with van der Waals surface area (Å²) in [4.78, 5) is 11.7. The van der Waals surface area contributed by atoms with Crippen LogP contribution >= 0.6 is 11.6 Å². The van der Waals surface area contributed by atoms with Gasteiger partial charge in [-0.05, 0) is 36.5 Å². The smallest absolute Gasteiger partial charge is 0.331 e. The minimum absolute atomic E-state index is 0.180. The number of nitrogens with zero attached hydrogens (tertiary/aromatic N) is 2. The maximum atomic E-state index is 11.7. The highest BCUT2D eigenvalue weighted by Crippen LogP contribution is 2.50. The van der Waals surface area contributed by atoms with Crippen molar-refractivity contribution < 1.29 is 14.6 Å². The fourth-order valence-corrected chi connectivity index (χ4v) is 3.02. The Kier molecular flexibility index (Phi) is 3.37. The van der Waals surface area contributed by atoms with Gasteiger partial charge in [0.15, 0.2) is 5.54 Å². The summed E-state index contributed by atoms with van der Waals surface area (Å²) in [5.41, 5.74) is 0.0884. The van der Waals surface area contributed by atoms with Crippen molar-refractivity contribution in [3.63, 3.8) is 0 Å². The molecule has 5 nitrogen and oxygen atoms in total. The van der Waals surface area contributed by atoms with Gasteiger partial charge in [-0.3, -0.25) is 4.68 Å². The van der Waals surface area contributed by atoms with Crippen molar-refractivity contribution in [2.24, 2.45) is 0 Å². The van der Waals surface area contributed by atoms with Crippen molar-refractivity contribution >= 4 is 17.6 Å². The van der Waals surface area contributed by atoms with Crippen molar-refractivity contribution in [3.05, 3.63) is 47.2 Å². The van der Waals surface area contributed by atoms with E-state index in [1.54, 1.807) is 13.3 Å². The number of aliphatic carboxylic acids is 1. The van der Waals surface area contributed by atoms with Gasteiger partial charge in [-0.25, -0.2) is 4.79 Å². The van der Waals surface area contributed by atoms with Crippen LogP contribution < -0.4 is 4.74 Å². The monoisotopic (exact) mass is 306 g/mol. The lowest BCUT2D eigenvalue weighted by Gasteiger charge is -2.44. The van der Waals surface area contributed by atoms with Crippen LogP contribution in [0.15, 0.2) is 36.7 Å². The number of hydrogen-bond acceptors (Lipinski definition) is 3. The summed E-state index contributed by atoms with van der Waals surface area (Å²) in [6, 6.07) is 7.74. The van der Waals surface area contributed by atoms with Gasteiger partial charge in [-0.1, -0.05) is 23.7 Å². The van der Waals surface area contributed by atoms with Gasteiger partial charge in [0.1, 0.15) is 5.75 Å². The first-order chi connectivity index (χ1) is 10.0. The minimum atomic E-state index is -0.999. The zero-order valence-corrected chi connectivity index (χ0v) is 12.2. The molecule has 1 heterocycles. The predicted octanol–water partition coefficient (Wildman–Crippen LogP) is 2.90. The van der Waals surface area contributed by atoms with Gasteiger partial charge in [-0.2, -0.15) is 5.10 Å². The van der Waals surface area contributed by atoms with E-state index in [4.69, 9.17) is 16.3 Å². The normalized spacial score (nSPS) is 24.4. The van der Waals surface area contributed by atoms with Gasteiger partial charge in [-0.15, -0.1) is 0 Å². The molecule has 0 spiro atoms. The molecule has 0 aliphatic heterocycles. The second kappa shape index (κ2) is 5.07. The van der Waals surface area contributed by atoms with Gasteiger partial charge in [0.25, 0.3) is 0 Å². The van der Waals surface area contributed by atoms with Gasteiger partial charge < -0.3 is 9.84 Å². The van der Waals surface area contributed by atoms with Gasteiger partial charge >= 0.3 is 5.97 Å². The Bertz CT molecular complexity index is 677. The standard InChI is InChI=1S/C15H15ClN2O3/c1-21-13-4-2-3-10(5-13)11-6-15(7-11,14(19)20)18-9-12(16)8-17-18/h2-5,8-9,11H,6-7H2,1H3,(H,19,20). The molecule has 1 saturated carbocycles. The van der Waals surface area contributed by atoms with E-state index >= 15 is 0 Å². The zero-order valence-electron chi connectivity index (χ0n) is 11.5. The Morgan fingerprint density at radius 2 is 2.29 bits per heavy atom. The van der Waals surface area contributed by atoms with Gasteiger partial charge in [0.2, 0.25) is 0 Å². The van der Waals surface area contributed by atoms with E-state index in [-0.39, 0.29) is 5.92 Å². The summed E-state index contributed by atoms with van der Waals surface area (Å²) in [7, 11) is 1.62. The van der Waals surface area contributed by atoms with Crippen LogP contribution in [0, 0.1) is 0 Å². The lowest BCUT2D eigenvalue weighted by molar-refractivity contribution is -0.154. The number of carboxylic acid groups (broad SMARTS) is 1. The molecule has 0 radical (unpaired) electrons. The second-order valence-corrected chi connectivity index (χ2v) is 5.76. The third-order valence-electron chi connectivity index (χ3n) is 4.12. The van der Waals surface area contributed by atoms with Crippen LogP contribution in [0.2, 0.25) is 5.02 Å². The molecule has 2 aromatic rings. The van der Waals surface area contributed by atoms with E-state index in [1.807, 2.05) is 24.3 Å². The van der Waals surface area contributed by atoms with Crippen LogP contribution in [0.3, 0.4) is 0 Å². The summed E-state index contributed by atoms with van der Waals surface area (Å²) in [6.45, 7) is 0. The number of carbonyl (C=O) groups is 1. The van der Waals surface area contributed by atoms with E-state index in [0.717, 1.165) is 11.3 Å². The Balaban J connectivity index is 1.85. The highest BCUT2D eigenvalue weighted by atomic mass is 35.5. The first-order valence-electron chi connectivity index (χ1n) is 6.63. The quantitative estimate of drug-likeness (QED) is 0.943. The molecule has 0 atom stereocenters. The van der Waals surface area contributed by atoms with Crippen LogP contribution in [0.5, 0.6) is 5.75 Å². The topological polar surface area (TPSA) is 64.3 Å². The van der Waals surface area contributed by atoms with E-state index in [0.29, 0.717) is 17.9 Å². The summed E-state index contributed by atoms with van der Waals surface area (Å²) < 4.78 is 6.68. The molecular formula is C15H15ClN2O3. The van der Waals surface area contributed by atoms with Crippen LogP contribution in [-0.2, 0) is 10.3 Å². The number of carboxylic acids is 1. The molecule has 1 aromatic carbocycles. The molecule has 0 amide bonds. The Hall–Kier alpha value is -2.01. The van der Waals surface area contributed by atoms with Crippen LogP contribution in [0.1, 0.15) is 24.3 Å². The number of aromatic nitrogens is 2. The largest absolute Gasteiger partial charge is 0.497 e. The third-order valence-corrected chi connectivity index (χ3v) is 4.32. The molecule has 6 heteroatoms. The molecule has 1 N–H and O–H groups in total. The molecule has 0 unspecified atom stereocenters. The lowest BCUT2D eigenvalue weighted by atomic mass is 9.65. The summed E-state index contributed by atoms with van der Waals surface area (Å²) in [5, 5.41) is 14.1. The number of ether oxygens (including phenoxy) is 1. The Morgan fingerprint density at radius 3 is 2.86 bits per heavy atom. The van der Waals surface area contributed by atoms with Gasteiger partial charge in [0.05, 0.1) is 18.3 Å². The Labute approximate surface area is 127 Å². The number of hydrogen-bond donors (Lipinski definition) is 1. The van der Waals surface area contributed by atoms with Gasteiger partial charge in [0, 0.05) is 6.20 Å². The average Bonchev–Trinajstić information content (AvgIpc) is 2.84. The number of methoxy groups -OCH3 is 1. The first kappa shape index (κ1) is 13.9. The molecule has 110 valence electrons. The Morgan fingerprint density at radius 1 is 1.52 bits per heavy atom.